The zero-order valence-electron chi connectivity index (χ0n) is 9.78. The third-order valence-electron chi connectivity index (χ3n) is 2.52. The molecule has 2 N–H and O–H groups in total. The molecule has 0 unspecified atom stereocenters. The highest BCUT2D eigenvalue weighted by Gasteiger charge is 2.17. The van der Waals surface area contributed by atoms with E-state index in [9.17, 15) is 13.5 Å². The topological polar surface area (TPSA) is 79.5 Å². The highest BCUT2D eigenvalue weighted by molar-refractivity contribution is 7.89. The molecule has 0 aliphatic heterocycles. The van der Waals surface area contributed by atoms with Crippen molar-refractivity contribution in [1.82, 2.24) is 4.72 Å². The van der Waals surface area contributed by atoms with Crippen LogP contribution < -0.4 is 4.72 Å². The lowest BCUT2D eigenvalue weighted by molar-refractivity contribution is 0.181. The van der Waals surface area contributed by atoms with Crippen molar-refractivity contribution < 1.29 is 17.9 Å². The first-order valence-corrected chi connectivity index (χ1v) is 7.30. The Kier molecular flexibility index (Phi) is 4.26. The van der Waals surface area contributed by atoms with Crippen molar-refractivity contribution in [3.05, 3.63) is 53.4 Å². The summed E-state index contributed by atoms with van der Waals surface area (Å²) in [4.78, 5) is 0.0938. The molecule has 1 aromatic carbocycles. The van der Waals surface area contributed by atoms with E-state index in [0.29, 0.717) is 10.6 Å². The molecular weight excluding hydrogens is 290 g/mol. The summed E-state index contributed by atoms with van der Waals surface area (Å²) in [6, 6.07) is 7.34. The molecule has 0 spiro atoms. The normalized spacial score (nSPS) is 13.4. The molecule has 0 radical (unpaired) electrons. The fourth-order valence-corrected chi connectivity index (χ4v) is 2.63. The van der Waals surface area contributed by atoms with Gasteiger partial charge in [-0.2, -0.15) is 0 Å². The molecule has 19 heavy (non-hydrogen) atoms. The Morgan fingerprint density at radius 2 is 1.95 bits per heavy atom. The maximum atomic E-state index is 11.9. The minimum Gasteiger partial charge on any atom is -0.472 e. The third-order valence-corrected chi connectivity index (χ3v) is 4.21. The third kappa shape index (κ3) is 3.57. The number of halogens is 1. The van der Waals surface area contributed by atoms with Crippen LogP contribution in [0.3, 0.4) is 0 Å². The van der Waals surface area contributed by atoms with Gasteiger partial charge in [0.05, 0.1) is 23.5 Å². The molecule has 2 rings (SSSR count). The number of rotatable bonds is 5. The van der Waals surface area contributed by atoms with Crippen LogP contribution in [0.15, 0.2) is 52.2 Å². The number of hydrogen-bond donors (Lipinski definition) is 2. The summed E-state index contributed by atoms with van der Waals surface area (Å²) in [6.45, 7) is -0.134. The first kappa shape index (κ1) is 14.1. The molecule has 5 nitrogen and oxygen atoms in total. The van der Waals surface area contributed by atoms with Gasteiger partial charge in [0.2, 0.25) is 10.0 Å². The van der Waals surface area contributed by atoms with Crippen LogP contribution in [-0.4, -0.2) is 20.1 Å². The summed E-state index contributed by atoms with van der Waals surface area (Å²) in [5.41, 5.74) is 0.513. The highest BCUT2D eigenvalue weighted by atomic mass is 35.5. The maximum absolute atomic E-state index is 11.9. The van der Waals surface area contributed by atoms with Gasteiger partial charge in [0.25, 0.3) is 0 Å². The van der Waals surface area contributed by atoms with Crippen LogP contribution >= 0.6 is 11.6 Å². The summed E-state index contributed by atoms with van der Waals surface area (Å²) < 4.78 is 31.0. The van der Waals surface area contributed by atoms with Gasteiger partial charge in [-0.3, -0.25) is 0 Å². The number of aliphatic hydroxyl groups excluding tert-OH is 1. The Labute approximate surface area is 115 Å². The number of hydrogen-bond acceptors (Lipinski definition) is 4. The van der Waals surface area contributed by atoms with Gasteiger partial charge in [0.15, 0.2) is 0 Å². The molecular formula is C12H12ClNO4S. The summed E-state index contributed by atoms with van der Waals surface area (Å²) in [5.74, 6) is 0. The minimum atomic E-state index is -3.66. The summed E-state index contributed by atoms with van der Waals surface area (Å²) in [5, 5.41) is 10.2. The van der Waals surface area contributed by atoms with E-state index in [1.807, 2.05) is 0 Å². The lowest BCUT2D eigenvalue weighted by Gasteiger charge is -2.10. The smallest absolute Gasteiger partial charge is 0.240 e. The van der Waals surface area contributed by atoms with E-state index in [-0.39, 0.29) is 11.4 Å². The van der Waals surface area contributed by atoms with Crippen LogP contribution in [0.2, 0.25) is 5.02 Å². The fourth-order valence-electron chi connectivity index (χ4n) is 1.47. The SMILES string of the molecule is O=S(=O)(NC[C@H](O)c1ccoc1)c1ccc(Cl)cc1. The summed E-state index contributed by atoms with van der Waals surface area (Å²) in [7, 11) is -3.66. The standard InChI is InChI=1S/C12H12ClNO4S/c13-10-1-3-11(4-2-10)19(16,17)14-7-12(15)9-5-6-18-8-9/h1-6,8,12,14-15H,7H2/t12-/m0/s1. The predicted molar refractivity (Wildman–Crippen MR) is 70.3 cm³/mol. The summed E-state index contributed by atoms with van der Waals surface area (Å²) >= 11 is 5.69. The molecule has 0 saturated heterocycles. The average molecular weight is 302 g/mol. The molecule has 1 atom stereocenters. The molecule has 7 heteroatoms. The number of aliphatic hydroxyl groups is 1. The zero-order chi connectivity index (χ0) is 13.9. The van der Waals surface area contributed by atoms with Gasteiger partial charge in [-0.1, -0.05) is 11.6 Å². The molecule has 0 amide bonds. The molecule has 1 heterocycles. The Hall–Kier alpha value is -1.34. The fraction of sp³-hybridized carbons (Fsp3) is 0.167. The van der Waals surface area contributed by atoms with Gasteiger partial charge in [-0.25, -0.2) is 13.1 Å². The number of furan rings is 1. The van der Waals surface area contributed by atoms with E-state index < -0.39 is 16.1 Å². The van der Waals surface area contributed by atoms with E-state index in [2.05, 4.69) is 4.72 Å². The predicted octanol–water partition coefficient (Wildman–Crippen LogP) is 1.94. The molecule has 0 fully saturated rings. The molecule has 0 bridgehead atoms. The van der Waals surface area contributed by atoms with Gasteiger partial charge in [-0.05, 0) is 30.3 Å². The van der Waals surface area contributed by atoms with Gasteiger partial charge in [-0.15, -0.1) is 0 Å². The van der Waals surface area contributed by atoms with E-state index in [1.54, 1.807) is 6.07 Å². The highest BCUT2D eigenvalue weighted by Crippen LogP contribution is 2.16. The Bertz CT molecular complexity index is 622. The number of nitrogens with one attached hydrogen (secondary N) is 1. The van der Waals surface area contributed by atoms with E-state index in [0.717, 1.165) is 0 Å². The second kappa shape index (κ2) is 5.75. The van der Waals surface area contributed by atoms with Gasteiger partial charge in [0.1, 0.15) is 0 Å². The quantitative estimate of drug-likeness (QED) is 0.884. The zero-order valence-corrected chi connectivity index (χ0v) is 11.4. The van der Waals surface area contributed by atoms with Crippen molar-refractivity contribution >= 4 is 21.6 Å². The van der Waals surface area contributed by atoms with Crippen molar-refractivity contribution in [2.45, 2.75) is 11.0 Å². The van der Waals surface area contributed by atoms with Crippen molar-refractivity contribution in [2.24, 2.45) is 0 Å². The van der Waals surface area contributed by atoms with Crippen LogP contribution in [0.4, 0.5) is 0 Å². The van der Waals surface area contributed by atoms with E-state index in [1.165, 1.54) is 36.8 Å². The first-order valence-electron chi connectivity index (χ1n) is 5.44. The van der Waals surface area contributed by atoms with Gasteiger partial charge >= 0.3 is 0 Å². The van der Waals surface area contributed by atoms with Crippen LogP contribution in [-0.2, 0) is 10.0 Å². The van der Waals surface area contributed by atoms with Crippen molar-refractivity contribution in [2.75, 3.05) is 6.54 Å². The molecule has 2 aromatic rings. The Balaban J connectivity index is 2.04. The van der Waals surface area contributed by atoms with Crippen LogP contribution in [0, 0.1) is 0 Å². The second-order valence-corrected chi connectivity index (χ2v) is 6.08. The molecule has 0 saturated carbocycles. The van der Waals surface area contributed by atoms with Gasteiger partial charge < -0.3 is 9.52 Å². The number of benzene rings is 1. The maximum Gasteiger partial charge on any atom is 0.240 e. The largest absolute Gasteiger partial charge is 0.472 e. The molecule has 0 aliphatic rings. The lowest BCUT2D eigenvalue weighted by atomic mass is 10.2. The average Bonchev–Trinajstić information content (AvgIpc) is 2.90. The van der Waals surface area contributed by atoms with Crippen molar-refractivity contribution in [3.63, 3.8) is 0 Å². The van der Waals surface area contributed by atoms with E-state index >= 15 is 0 Å². The van der Waals surface area contributed by atoms with Crippen molar-refractivity contribution in [3.8, 4) is 0 Å². The van der Waals surface area contributed by atoms with E-state index in [4.69, 9.17) is 16.0 Å². The van der Waals surface area contributed by atoms with Crippen LogP contribution in [0.25, 0.3) is 0 Å². The summed E-state index contributed by atoms with van der Waals surface area (Å²) in [6.07, 6.45) is 1.81. The Morgan fingerprint density at radius 1 is 1.26 bits per heavy atom. The van der Waals surface area contributed by atoms with Gasteiger partial charge in [0, 0.05) is 17.1 Å². The van der Waals surface area contributed by atoms with Crippen molar-refractivity contribution in [1.29, 1.82) is 0 Å². The molecule has 0 aliphatic carbocycles. The molecule has 102 valence electrons. The monoisotopic (exact) mass is 301 g/mol. The van der Waals surface area contributed by atoms with Crippen LogP contribution in [0.5, 0.6) is 0 Å². The number of sulfonamides is 1. The minimum absolute atomic E-state index is 0.0938. The Morgan fingerprint density at radius 3 is 2.53 bits per heavy atom. The lowest BCUT2D eigenvalue weighted by Crippen LogP contribution is -2.28. The first-order chi connectivity index (χ1) is 8.99. The second-order valence-electron chi connectivity index (χ2n) is 3.88. The molecule has 1 aromatic heterocycles. The van der Waals surface area contributed by atoms with Crippen LogP contribution in [0.1, 0.15) is 11.7 Å².